The van der Waals surface area contributed by atoms with Crippen molar-refractivity contribution in [1.82, 2.24) is 0 Å². The summed E-state index contributed by atoms with van der Waals surface area (Å²) in [4.78, 5) is 9.60. The molecule has 149 valence electrons. The summed E-state index contributed by atoms with van der Waals surface area (Å²) < 4.78 is 17.7. The number of hydrogen-bond acceptors (Lipinski definition) is 5. The van der Waals surface area contributed by atoms with Crippen molar-refractivity contribution in [2.24, 2.45) is 11.8 Å². The molecular formula is C19H29O6Re-. The zero-order valence-electron chi connectivity index (χ0n) is 15.2. The van der Waals surface area contributed by atoms with Crippen molar-refractivity contribution >= 4 is 5.97 Å². The molecule has 2 saturated carbocycles. The van der Waals surface area contributed by atoms with Crippen LogP contribution in [0, 0.1) is 18.3 Å². The summed E-state index contributed by atoms with van der Waals surface area (Å²) in [7, 11) is 0. The normalized spacial score (nSPS) is 41.1. The van der Waals surface area contributed by atoms with Crippen LogP contribution in [-0.4, -0.2) is 53.5 Å². The second-order valence-corrected chi connectivity index (χ2v) is 7.71. The molecule has 1 radical (unpaired) electrons. The minimum atomic E-state index is -0.935. The summed E-state index contributed by atoms with van der Waals surface area (Å²) in [6.45, 7) is 6.22. The van der Waals surface area contributed by atoms with E-state index in [-0.39, 0.29) is 32.1 Å². The number of fused-ring (bicyclic) bond motifs is 1. The maximum atomic E-state index is 9.60. The number of aliphatic hydroxyl groups is 1. The Hall–Kier alpha value is -0.288. The van der Waals surface area contributed by atoms with Gasteiger partial charge in [0.1, 0.15) is 5.79 Å². The van der Waals surface area contributed by atoms with Gasteiger partial charge in [-0.05, 0) is 38.5 Å². The van der Waals surface area contributed by atoms with Gasteiger partial charge < -0.3 is 24.4 Å². The van der Waals surface area contributed by atoms with Gasteiger partial charge in [0.25, 0.3) is 0 Å². The van der Waals surface area contributed by atoms with Crippen molar-refractivity contribution in [3.05, 3.63) is 18.6 Å². The smallest absolute Gasteiger partial charge is 0.330 e. The third kappa shape index (κ3) is 5.61. The molecule has 2 aliphatic carbocycles. The van der Waals surface area contributed by atoms with E-state index < -0.39 is 11.8 Å². The molecule has 2 N–H and O–H groups in total. The number of epoxide rings is 1. The first kappa shape index (κ1) is 22.0. The summed E-state index contributed by atoms with van der Waals surface area (Å²) in [6, 6.07) is 0. The Balaban J connectivity index is 0.000000305. The van der Waals surface area contributed by atoms with E-state index in [2.05, 4.69) is 6.58 Å². The summed E-state index contributed by atoms with van der Waals surface area (Å²) in [5, 5.41) is 17.4. The fourth-order valence-electron chi connectivity index (χ4n) is 3.91. The number of ether oxygens (including phenoxy) is 3. The number of carboxylic acid groups (broad SMARTS) is 1. The molecule has 6 nitrogen and oxygen atoms in total. The molecule has 0 aromatic heterocycles. The molecule has 1 spiro atoms. The van der Waals surface area contributed by atoms with Crippen molar-refractivity contribution in [3.63, 3.8) is 0 Å². The second-order valence-electron chi connectivity index (χ2n) is 7.71. The van der Waals surface area contributed by atoms with E-state index in [9.17, 15) is 9.90 Å². The van der Waals surface area contributed by atoms with Crippen LogP contribution >= 0.6 is 0 Å². The van der Waals surface area contributed by atoms with E-state index in [1.807, 2.05) is 6.42 Å². The van der Waals surface area contributed by atoms with Crippen LogP contribution in [0.4, 0.5) is 0 Å². The van der Waals surface area contributed by atoms with Crippen molar-refractivity contribution in [1.29, 1.82) is 0 Å². The third-order valence-corrected chi connectivity index (χ3v) is 5.72. The number of rotatable bonds is 2. The molecule has 0 amide bonds. The predicted octanol–water partition coefficient (Wildman–Crippen LogP) is 2.31. The third-order valence-electron chi connectivity index (χ3n) is 5.72. The van der Waals surface area contributed by atoms with Gasteiger partial charge in [0.05, 0.1) is 25.4 Å². The quantitative estimate of drug-likeness (QED) is 0.318. The Labute approximate surface area is 168 Å². The van der Waals surface area contributed by atoms with Crippen LogP contribution in [0.3, 0.4) is 0 Å². The molecule has 4 unspecified atom stereocenters. The molecule has 0 aromatic rings. The summed E-state index contributed by atoms with van der Waals surface area (Å²) in [6.07, 6.45) is 8.72. The average molecular weight is 540 g/mol. The molecule has 0 bridgehead atoms. The number of carboxylic acids is 1. The van der Waals surface area contributed by atoms with E-state index in [0.29, 0.717) is 24.0 Å². The summed E-state index contributed by atoms with van der Waals surface area (Å²) in [5.74, 6) is -0.125. The standard InChI is InChI=1S/C15H23O4.C4H6O2.Re/c16-12-3-5-15(6-4-12)17-8-11(9-18-15)10-1-2-13-14(7-10)19-13;1-3(2)4(5)6;/h3,10-14,16H,1-2,4-9H2;1H2,2H3,(H,5,6);/q-1;;. The van der Waals surface area contributed by atoms with Crippen molar-refractivity contribution in [2.75, 3.05) is 13.2 Å². The fraction of sp³-hybridized carbons (Fsp3) is 0.789. The van der Waals surface area contributed by atoms with Crippen LogP contribution in [0.15, 0.2) is 12.2 Å². The second kappa shape index (κ2) is 9.27. The largest absolute Gasteiger partial charge is 0.478 e. The van der Waals surface area contributed by atoms with E-state index in [1.165, 1.54) is 26.2 Å². The summed E-state index contributed by atoms with van der Waals surface area (Å²) in [5.41, 5.74) is 0.176. The zero-order chi connectivity index (χ0) is 18.0. The molecule has 4 fully saturated rings. The fourth-order valence-corrected chi connectivity index (χ4v) is 3.91. The first-order chi connectivity index (χ1) is 11.9. The predicted molar refractivity (Wildman–Crippen MR) is 90.7 cm³/mol. The molecule has 2 heterocycles. The molecule has 4 rings (SSSR count). The van der Waals surface area contributed by atoms with E-state index >= 15 is 0 Å². The minimum Gasteiger partial charge on any atom is -0.478 e. The van der Waals surface area contributed by atoms with Gasteiger partial charge in [-0.15, -0.1) is 6.42 Å². The summed E-state index contributed by atoms with van der Waals surface area (Å²) >= 11 is 0. The molecular weight excluding hydrogens is 510 g/mol. The Kier molecular flexibility index (Phi) is 7.85. The maximum Gasteiger partial charge on any atom is 0.330 e. The molecule has 4 aliphatic rings. The Morgan fingerprint density at radius 3 is 2.31 bits per heavy atom. The van der Waals surface area contributed by atoms with Gasteiger partial charge in [-0.1, -0.05) is 19.1 Å². The van der Waals surface area contributed by atoms with Crippen LogP contribution in [0.2, 0.25) is 0 Å². The van der Waals surface area contributed by atoms with Gasteiger partial charge in [-0.3, -0.25) is 6.42 Å². The van der Waals surface area contributed by atoms with Gasteiger partial charge in [-0.2, -0.15) is 0 Å². The Morgan fingerprint density at radius 1 is 1.15 bits per heavy atom. The SMILES string of the molecule is C=C(C)C(=O)O.OC1[CH-]CC2(CC1)OCC(C1CCC3OC3C1)CO2.[Re]. The monoisotopic (exact) mass is 540 g/mol. The number of carbonyl (C=O) groups is 1. The van der Waals surface area contributed by atoms with E-state index in [1.54, 1.807) is 0 Å². The molecule has 2 aliphatic heterocycles. The van der Waals surface area contributed by atoms with Crippen LogP contribution in [0.25, 0.3) is 0 Å². The van der Waals surface area contributed by atoms with Gasteiger partial charge in [-0.25, -0.2) is 4.79 Å². The van der Waals surface area contributed by atoms with E-state index in [0.717, 1.165) is 32.5 Å². The Morgan fingerprint density at radius 2 is 1.81 bits per heavy atom. The molecule has 2 saturated heterocycles. The van der Waals surface area contributed by atoms with Crippen LogP contribution in [0.5, 0.6) is 0 Å². The van der Waals surface area contributed by atoms with Gasteiger partial charge in [0.15, 0.2) is 0 Å². The first-order valence-electron chi connectivity index (χ1n) is 9.22. The molecule has 4 atom stereocenters. The Bertz CT molecular complexity index is 480. The van der Waals surface area contributed by atoms with Gasteiger partial charge in [0, 0.05) is 31.9 Å². The van der Waals surface area contributed by atoms with Crippen molar-refractivity contribution in [3.8, 4) is 0 Å². The molecule has 0 aromatic carbocycles. The molecule has 26 heavy (non-hydrogen) atoms. The average Bonchev–Trinajstić information content (AvgIpc) is 3.38. The first-order valence-corrected chi connectivity index (χ1v) is 9.22. The van der Waals surface area contributed by atoms with Crippen LogP contribution in [-0.2, 0) is 39.4 Å². The minimum absolute atomic E-state index is 0. The van der Waals surface area contributed by atoms with Crippen molar-refractivity contribution < 1.29 is 49.6 Å². The number of hydrogen-bond donors (Lipinski definition) is 2. The zero-order valence-corrected chi connectivity index (χ0v) is 17.9. The van der Waals surface area contributed by atoms with Gasteiger partial charge >= 0.3 is 5.97 Å². The van der Waals surface area contributed by atoms with Crippen molar-refractivity contribution in [2.45, 2.75) is 69.5 Å². The van der Waals surface area contributed by atoms with E-state index in [4.69, 9.17) is 19.3 Å². The maximum absolute atomic E-state index is 9.60. The van der Waals surface area contributed by atoms with Gasteiger partial charge in [0.2, 0.25) is 0 Å². The topological polar surface area (TPSA) is 88.5 Å². The van der Waals surface area contributed by atoms with Crippen LogP contribution < -0.4 is 0 Å². The molecule has 7 heteroatoms. The van der Waals surface area contributed by atoms with Crippen LogP contribution in [0.1, 0.15) is 45.4 Å². The number of aliphatic hydroxyl groups excluding tert-OH is 1. The number of aliphatic carboxylic acids is 1.